The largest absolute Gasteiger partial charge is 0.448 e. The predicted octanol–water partition coefficient (Wildman–Crippen LogP) is 3.09. The van der Waals surface area contributed by atoms with E-state index in [4.69, 9.17) is 14.2 Å². The molecule has 2 heterocycles. The Bertz CT molecular complexity index is 674. The van der Waals surface area contributed by atoms with Gasteiger partial charge in [-0.3, -0.25) is 10.1 Å². The van der Waals surface area contributed by atoms with Gasteiger partial charge in [-0.2, -0.15) is 0 Å². The van der Waals surface area contributed by atoms with Crippen LogP contribution in [0.2, 0.25) is 0 Å². The Kier molecular flexibility index (Phi) is 3.77. The Balaban J connectivity index is 1.65. The van der Waals surface area contributed by atoms with Crippen LogP contribution in [0.3, 0.4) is 0 Å². The number of nitro benzene ring substituents is 1. The van der Waals surface area contributed by atoms with E-state index in [-0.39, 0.29) is 11.8 Å². The number of hydrogen-bond acceptors (Lipinski definition) is 6. The molecule has 2 aliphatic rings. The van der Waals surface area contributed by atoms with Gasteiger partial charge in [-0.1, -0.05) is 0 Å². The number of piperidine rings is 1. The highest BCUT2D eigenvalue weighted by atomic mass is 16.7. The van der Waals surface area contributed by atoms with Gasteiger partial charge in [0.15, 0.2) is 11.5 Å². The molecule has 0 aromatic heterocycles. The van der Waals surface area contributed by atoms with Crippen molar-refractivity contribution in [1.29, 1.82) is 0 Å². The number of amides is 1. The molecule has 0 radical (unpaired) electrons. The number of nitro groups is 1. The SMILES string of the molecule is CC(C)(C)OC(=O)N1CCC2(CC1)Oc1ccc([N+](=O)[O-])cc1O2. The Hall–Kier alpha value is -2.51. The molecule has 130 valence electrons. The summed E-state index contributed by atoms with van der Waals surface area (Å²) in [7, 11) is 0. The molecule has 8 nitrogen and oxygen atoms in total. The van der Waals surface area contributed by atoms with Crippen molar-refractivity contribution in [2.75, 3.05) is 13.1 Å². The molecule has 1 fully saturated rings. The van der Waals surface area contributed by atoms with Gasteiger partial charge >= 0.3 is 6.09 Å². The van der Waals surface area contributed by atoms with E-state index in [2.05, 4.69) is 0 Å². The molecular formula is C16H20N2O6. The zero-order valence-electron chi connectivity index (χ0n) is 13.9. The fraction of sp³-hybridized carbons (Fsp3) is 0.562. The summed E-state index contributed by atoms with van der Waals surface area (Å²) in [4.78, 5) is 24.1. The van der Waals surface area contributed by atoms with E-state index in [1.807, 2.05) is 20.8 Å². The molecule has 1 saturated heterocycles. The number of nitrogens with zero attached hydrogens (tertiary/aromatic N) is 2. The number of non-ortho nitro benzene ring substituents is 1. The number of fused-ring (bicyclic) bond motifs is 1. The van der Waals surface area contributed by atoms with Gasteiger partial charge in [-0.05, 0) is 26.8 Å². The number of rotatable bonds is 1. The van der Waals surface area contributed by atoms with Crippen molar-refractivity contribution in [1.82, 2.24) is 4.90 Å². The van der Waals surface area contributed by atoms with Crippen molar-refractivity contribution in [2.45, 2.75) is 45.0 Å². The number of benzene rings is 1. The van der Waals surface area contributed by atoms with Crippen LogP contribution in [0, 0.1) is 10.1 Å². The van der Waals surface area contributed by atoms with E-state index < -0.39 is 16.3 Å². The van der Waals surface area contributed by atoms with E-state index in [0.717, 1.165) is 0 Å². The monoisotopic (exact) mass is 336 g/mol. The van der Waals surface area contributed by atoms with E-state index in [1.165, 1.54) is 12.1 Å². The number of carbonyl (C=O) groups is 1. The van der Waals surface area contributed by atoms with Gasteiger partial charge in [-0.25, -0.2) is 4.79 Å². The first-order valence-electron chi connectivity index (χ1n) is 7.82. The quantitative estimate of drug-likeness (QED) is 0.578. The Morgan fingerprint density at radius 3 is 2.46 bits per heavy atom. The van der Waals surface area contributed by atoms with Crippen LogP contribution in [0.25, 0.3) is 0 Å². The topological polar surface area (TPSA) is 91.1 Å². The normalized spacial score (nSPS) is 18.5. The number of carbonyl (C=O) groups excluding carboxylic acids is 1. The minimum absolute atomic E-state index is 0.0411. The molecular weight excluding hydrogens is 316 g/mol. The summed E-state index contributed by atoms with van der Waals surface area (Å²) in [5, 5.41) is 10.9. The van der Waals surface area contributed by atoms with Crippen molar-refractivity contribution in [3.05, 3.63) is 28.3 Å². The summed E-state index contributed by atoms with van der Waals surface area (Å²) in [6, 6.07) is 4.30. The van der Waals surface area contributed by atoms with E-state index in [0.29, 0.717) is 37.4 Å². The number of likely N-dealkylation sites (tertiary alicyclic amines) is 1. The molecule has 0 bridgehead atoms. The average Bonchev–Trinajstić information content (AvgIpc) is 2.82. The average molecular weight is 336 g/mol. The van der Waals surface area contributed by atoms with E-state index in [1.54, 1.807) is 11.0 Å². The molecule has 1 aromatic rings. The lowest BCUT2D eigenvalue weighted by molar-refractivity contribution is -0.384. The van der Waals surface area contributed by atoms with Crippen LogP contribution in [0.1, 0.15) is 33.6 Å². The van der Waals surface area contributed by atoms with Crippen LogP contribution in [-0.2, 0) is 4.74 Å². The van der Waals surface area contributed by atoms with Crippen LogP contribution in [0.15, 0.2) is 18.2 Å². The lowest BCUT2D eigenvalue weighted by Crippen LogP contribution is -2.52. The maximum Gasteiger partial charge on any atom is 0.410 e. The standard InChI is InChI=1S/C16H20N2O6/c1-15(2,3)24-14(19)17-8-6-16(7-9-17)22-12-5-4-11(18(20)21)10-13(12)23-16/h4-5,10H,6-9H2,1-3H3. The van der Waals surface area contributed by atoms with Crippen molar-refractivity contribution in [3.8, 4) is 11.5 Å². The first-order valence-corrected chi connectivity index (χ1v) is 7.82. The molecule has 0 N–H and O–H groups in total. The first kappa shape index (κ1) is 16.4. The fourth-order valence-electron chi connectivity index (χ4n) is 2.76. The molecule has 3 rings (SSSR count). The molecule has 2 aliphatic heterocycles. The van der Waals surface area contributed by atoms with Crippen LogP contribution >= 0.6 is 0 Å². The van der Waals surface area contributed by atoms with Crippen molar-refractivity contribution >= 4 is 11.8 Å². The maximum atomic E-state index is 12.1. The highest BCUT2D eigenvalue weighted by molar-refractivity contribution is 5.68. The summed E-state index contributed by atoms with van der Waals surface area (Å²) >= 11 is 0. The van der Waals surface area contributed by atoms with Crippen LogP contribution < -0.4 is 9.47 Å². The summed E-state index contributed by atoms with van der Waals surface area (Å²) in [6.45, 7) is 6.34. The zero-order chi connectivity index (χ0) is 17.5. The molecule has 0 atom stereocenters. The molecule has 8 heteroatoms. The Labute approximate surface area is 139 Å². The molecule has 1 amide bonds. The van der Waals surface area contributed by atoms with Gasteiger partial charge in [0.1, 0.15) is 5.60 Å². The van der Waals surface area contributed by atoms with Gasteiger partial charge in [0.05, 0.1) is 11.0 Å². The Morgan fingerprint density at radius 1 is 1.25 bits per heavy atom. The lowest BCUT2D eigenvalue weighted by atomic mass is 10.0. The molecule has 0 unspecified atom stereocenters. The van der Waals surface area contributed by atoms with Gasteiger partial charge in [0, 0.05) is 32.0 Å². The van der Waals surface area contributed by atoms with Crippen molar-refractivity contribution < 1.29 is 23.9 Å². The third kappa shape index (κ3) is 3.22. The predicted molar refractivity (Wildman–Crippen MR) is 84.1 cm³/mol. The second-order valence-electron chi connectivity index (χ2n) is 6.97. The fourth-order valence-corrected chi connectivity index (χ4v) is 2.76. The molecule has 1 spiro atoms. The van der Waals surface area contributed by atoms with E-state index >= 15 is 0 Å². The second-order valence-corrected chi connectivity index (χ2v) is 6.97. The molecule has 0 saturated carbocycles. The summed E-state index contributed by atoms with van der Waals surface area (Å²) in [6.07, 6.45) is 0.576. The smallest absolute Gasteiger partial charge is 0.410 e. The molecule has 24 heavy (non-hydrogen) atoms. The Morgan fingerprint density at radius 2 is 1.88 bits per heavy atom. The molecule has 1 aromatic carbocycles. The summed E-state index contributed by atoms with van der Waals surface area (Å²) in [5.41, 5.74) is -0.581. The minimum Gasteiger partial charge on any atom is -0.448 e. The van der Waals surface area contributed by atoms with E-state index in [9.17, 15) is 14.9 Å². The summed E-state index contributed by atoms with van der Waals surface area (Å²) < 4.78 is 17.1. The zero-order valence-corrected chi connectivity index (χ0v) is 13.9. The summed E-state index contributed by atoms with van der Waals surface area (Å²) in [5.74, 6) is -0.00276. The van der Waals surface area contributed by atoms with Gasteiger partial charge in [0.2, 0.25) is 0 Å². The maximum absolute atomic E-state index is 12.1. The van der Waals surface area contributed by atoms with Gasteiger partial charge < -0.3 is 19.1 Å². The highest BCUT2D eigenvalue weighted by Crippen LogP contribution is 2.45. The molecule has 0 aliphatic carbocycles. The van der Waals surface area contributed by atoms with Crippen LogP contribution in [0.5, 0.6) is 11.5 Å². The number of ether oxygens (including phenoxy) is 3. The highest BCUT2D eigenvalue weighted by Gasteiger charge is 2.46. The first-order chi connectivity index (χ1) is 11.2. The van der Waals surface area contributed by atoms with Crippen molar-refractivity contribution in [3.63, 3.8) is 0 Å². The minimum atomic E-state index is -0.865. The van der Waals surface area contributed by atoms with Crippen molar-refractivity contribution in [2.24, 2.45) is 0 Å². The van der Waals surface area contributed by atoms with Crippen LogP contribution in [0.4, 0.5) is 10.5 Å². The lowest BCUT2D eigenvalue weighted by Gasteiger charge is -2.37. The van der Waals surface area contributed by atoms with Crippen LogP contribution in [-0.4, -0.2) is 40.4 Å². The third-order valence-corrected chi connectivity index (χ3v) is 3.91. The third-order valence-electron chi connectivity index (χ3n) is 3.91. The van der Waals surface area contributed by atoms with Gasteiger partial charge in [-0.15, -0.1) is 0 Å². The second kappa shape index (κ2) is 5.54. The number of hydrogen-bond donors (Lipinski definition) is 0. The van der Waals surface area contributed by atoms with Gasteiger partial charge in [0.25, 0.3) is 11.5 Å².